The molecule has 1 amide bonds. The summed E-state index contributed by atoms with van der Waals surface area (Å²) in [5, 5.41) is 12.6. The summed E-state index contributed by atoms with van der Waals surface area (Å²) < 4.78 is 0. The Hall–Kier alpha value is -2.93. The predicted octanol–water partition coefficient (Wildman–Crippen LogP) is 4.76. The van der Waals surface area contributed by atoms with Crippen molar-refractivity contribution in [1.82, 2.24) is 14.9 Å². The Morgan fingerprint density at radius 1 is 1.23 bits per heavy atom. The highest BCUT2D eigenvalue weighted by molar-refractivity contribution is 7.14. The zero-order chi connectivity index (χ0) is 21.0. The van der Waals surface area contributed by atoms with E-state index in [1.807, 2.05) is 37.4 Å². The van der Waals surface area contributed by atoms with Gasteiger partial charge in [0.25, 0.3) is 5.91 Å². The molecule has 1 aromatic carbocycles. The summed E-state index contributed by atoms with van der Waals surface area (Å²) >= 11 is 1.31. The number of para-hydroxylation sites is 1. The summed E-state index contributed by atoms with van der Waals surface area (Å²) in [6, 6.07) is 7.26. The van der Waals surface area contributed by atoms with Gasteiger partial charge >= 0.3 is 0 Å². The van der Waals surface area contributed by atoms with Crippen molar-refractivity contribution < 1.29 is 14.7 Å². The fourth-order valence-electron chi connectivity index (χ4n) is 4.90. The number of aliphatic hydroxyl groups is 1. The minimum atomic E-state index is -0.606. The number of ketones is 1. The smallest absolute Gasteiger partial charge is 0.290 e. The first-order valence-electron chi connectivity index (χ1n) is 10.3. The minimum absolute atomic E-state index is 0.0212. The first-order chi connectivity index (χ1) is 14.5. The van der Waals surface area contributed by atoms with Crippen LogP contribution in [0.3, 0.4) is 0 Å². The van der Waals surface area contributed by atoms with Crippen molar-refractivity contribution in [2.45, 2.75) is 51.6 Å². The fourth-order valence-corrected chi connectivity index (χ4v) is 5.78. The standard InChI is InChI=1S/C23H23N3O3S/c1-12-22(30-13(2)25-12)20(27)18-19(16-11-24-17-10-6-5-9-15(16)17)26(23(29)21(18)28)14-7-3-4-8-14/h5-6,9-11,14,19,24,28H,3-4,7-8H2,1-2H3. The van der Waals surface area contributed by atoms with Crippen LogP contribution in [0.4, 0.5) is 0 Å². The maximum absolute atomic E-state index is 13.6. The van der Waals surface area contributed by atoms with Gasteiger partial charge in [-0.15, -0.1) is 11.3 Å². The molecular formula is C23H23N3O3S. The molecule has 6 nitrogen and oxygen atoms in total. The molecular weight excluding hydrogens is 398 g/mol. The van der Waals surface area contributed by atoms with Gasteiger partial charge in [-0.05, 0) is 32.8 Å². The monoisotopic (exact) mass is 421 g/mol. The van der Waals surface area contributed by atoms with Crippen molar-refractivity contribution in [3.63, 3.8) is 0 Å². The van der Waals surface area contributed by atoms with Gasteiger partial charge in [0, 0.05) is 28.7 Å². The predicted molar refractivity (Wildman–Crippen MR) is 116 cm³/mol. The molecule has 3 aromatic rings. The number of H-pyrrole nitrogens is 1. The van der Waals surface area contributed by atoms with E-state index in [-0.39, 0.29) is 17.4 Å². The Morgan fingerprint density at radius 3 is 2.67 bits per heavy atom. The molecule has 2 aromatic heterocycles. The van der Waals surface area contributed by atoms with E-state index in [9.17, 15) is 14.7 Å². The van der Waals surface area contributed by atoms with Gasteiger partial charge in [-0.2, -0.15) is 0 Å². The third-order valence-electron chi connectivity index (χ3n) is 6.23. The van der Waals surface area contributed by atoms with Crippen molar-refractivity contribution >= 4 is 33.9 Å². The zero-order valence-corrected chi connectivity index (χ0v) is 17.8. The van der Waals surface area contributed by atoms with Crippen LogP contribution in [0, 0.1) is 13.8 Å². The van der Waals surface area contributed by atoms with Crippen molar-refractivity contribution in [3.05, 3.63) is 62.9 Å². The van der Waals surface area contributed by atoms with Crippen molar-refractivity contribution in [1.29, 1.82) is 0 Å². The fraction of sp³-hybridized carbons (Fsp3) is 0.348. The normalized spacial score (nSPS) is 20.1. The van der Waals surface area contributed by atoms with E-state index in [1.54, 1.807) is 11.8 Å². The number of hydrogen-bond acceptors (Lipinski definition) is 5. The number of aryl methyl sites for hydroxylation is 2. The van der Waals surface area contributed by atoms with E-state index < -0.39 is 17.7 Å². The number of fused-ring (bicyclic) bond motifs is 1. The SMILES string of the molecule is Cc1nc(C)c(C(=O)C2=C(O)C(=O)N(C3CCCC3)C2c2c[nH]c3ccccc23)s1. The van der Waals surface area contributed by atoms with E-state index in [1.165, 1.54) is 11.3 Å². The number of carbonyl (C=O) groups excluding carboxylic acids is 2. The third-order valence-corrected chi connectivity index (χ3v) is 7.30. The van der Waals surface area contributed by atoms with Gasteiger partial charge in [0.1, 0.15) is 0 Å². The lowest BCUT2D eigenvalue weighted by atomic mass is 9.94. The molecule has 7 heteroatoms. The van der Waals surface area contributed by atoms with Gasteiger partial charge in [-0.25, -0.2) is 4.98 Å². The molecule has 5 rings (SSSR count). The first-order valence-corrected chi connectivity index (χ1v) is 11.1. The van der Waals surface area contributed by atoms with E-state index >= 15 is 0 Å². The molecule has 0 bridgehead atoms. The number of aromatic amines is 1. The van der Waals surface area contributed by atoms with E-state index in [2.05, 4.69) is 9.97 Å². The second kappa shape index (κ2) is 7.09. The van der Waals surface area contributed by atoms with Gasteiger partial charge < -0.3 is 15.0 Å². The quantitative estimate of drug-likeness (QED) is 0.595. The second-order valence-electron chi connectivity index (χ2n) is 8.08. The largest absolute Gasteiger partial charge is 0.503 e. The van der Waals surface area contributed by atoms with Gasteiger partial charge in [0.05, 0.1) is 27.2 Å². The first kappa shape index (κ1) is 19.1. The third kappa shape index (κ3) is 2.80. The van der Waals surface area contributed by atoms with Crippen molar-refractivity contribution in [3.8, 4) is 0 Å². The van der Waals surface area contributed by atoms with Crippen LogP contribution in [0.2, 0.25) is 0 Å². The van der Waals surface area contributed by atoms with Gasteiger partial charge in [0.15, 0.2) is 5.76 Å². The number of benzene rings is 1. The molecule has 2 N–H and O–H groups in total. The number of Topliss-reactive ketones (excluding diaryl/α,β-unsaturated/α-hetero) is 1. The van der Waals surface area contributed by atoms with Crippen LogP contribution in [0.15, 0.2) is 41.8 Å². The molecule has 1 unspecified atom stereocenters. The number of nitrogens with one attached hydrogen (secondary N) is 1. The summed E-state index contributed by atoms with van der Waals surface area (Å²) in [6.45, 7) is 3.64. The summed E-state index contributed by atoms with van der Waals surface area (Å²) in [4.78, 5) is 36.7. The second-order valence-corrected chi connectivity index (χ2v) is 9.28. The minimum Gasteiger partial charge on any atom is -0.503 e. The molecule has 1 saturated carbocycles. The van der Waals surface area contributed by atoms with E-state index in [0.717, 1.165) is 47.2 Å². The van der Waals surface area contributed by atoms with Gasteiger partial charge in [-0.1, -0.05) is 31.0 Å². The van der Waals surface area contributed by atoms with Crippen LogP contribution in [-0.2, 0) is 4.79 Å². The van der Waals surface area contributed by atoms with Crippen LogP contribution >= 0.6 is 11.3 Å². The molecule has 0 saturated heterocycles. The molecule has 1 aliphatic heterocycles. The zero-order valence-electron chi connectivity index (χ0n) is 16.9. The summed E-state index contributed by atoms with van der Waals surface area (Å²) in [7, 11) is 0. The molecule has 154 valence electrons. The van der Waals surface area contributed by atoms with E-state index in [0.29, 0.717) is 10.6 Å². The topological polar surface area (TPSA) is 86.3 Å². The maximum atomic E-state index is 13.6. The molecule has 3 heterocycles. The summed E-state index contributed by atoms with van der Waals surface area (Å²) in [5.41, 5.74) is 2.59. The Labute approximate surface area is 178 Å². The number of aliphatic hydroxyl groups excluding tert-OH is 1. The van der Waals surface area contributed by atoms with E-state index in [4.69, 9.17) is 0 Å². The molecule has 2 aliphatic rings. The highest BCUT2D eigenvalue weighted by Gasteiger charge is 2.48. The lowest BCUT2D eigenvalue weighted by Gasteiger charge is -2.31. The summed E-state index contributed by atoms with van der Waals surface area (Å²) in [5.74, 6) is -1.17. The average molecular weight is 422 g/mol. The number of hydrogen-bond donors (Lipinski definition) is 2. The van der Waals surface area contributed by atoms with Crippen LogP contribution in [0.5, 0.6) is 0 Å². The molecule has 0 spiro atoms. The summed E-state index contributed by atoms with van der Waals surface area (Å²) in [6.07, 6.45) is 5.73. The highest BCUT2D eigenvalue weighted by Crippen LogP contribution is 2.45. The Balaban J connectivity index is 1.69. The number of aromatic nitrogens is 2. The molecule has 1 fully saturated rings. The van der Waals surface area contributed by atoms with Crippen LogP contribution in [0.1, 0.15) is 57.7 Å². The Bertz CT molecular complexity index is 1200. The van der Waals surface area contributed by atoms with Crippen molar-refractivity contribution in [2.24, 2.45) is 0 Å². The number of carbonyl (C=O) groups is 2. The maximum Gasteiger partial charge on any atom is 0.290 e. The number of nitrogens with zero attached hydrogens (tertiary/aromatic N) is 2. The molecule has 0 radical (unpaired) electrons. The number of amides is 1. The molecule has 1 atom stereocenters. The van der Waals surface area contributed by atoms with Crippen LogP contribution < -0.4 is 0 Å². The average Bonchev–Trinajstić information content (AvgIpc) is 3.49. The number of rotatable bonds is 4. The Kier molecular flexibility index (Phi) is 4.50. The molecule has 1 aliphatic carbocycles. The van der Waals surface area contributed by atoms with Gasteiger partial charge in [0.2, 0.25) is 5.78 Å². The van der Waals surface area contributed by atoms with Crippen LogP contribution in [0.25, 0.3) is 10.9 Å². The molecule has 30 heavy (non-hydrogen) atoms. The lowest BCUT2D eigenvalue weighted by Crippen LogP contribution is -2.38. The Morgan fingerprint density at radius 2 is 1.97 bits per heavy atom. The van der Waals surface area contributed by atoms with Crippen LogP contribution in [-0.4, -0.2) is 37.7 Å². The highest BCUT2D eigenvalue weighted by atomic mass is 32.1. The van der Waals surface area contributed by atoms with Gasteiger partial charge in [-0.3, -0.25) is 9.59 Å². The number of thiazole rings is 1. The lowest BCUT2D eigenvalue weighted by molar-refractivity contribution is -0.131. The van der Waals surface area contributed by atoms with Crippen molar-refractivity contribution in [2.75, 3.05) is 0 Å².